The molecule has 2 heterocycles. The smallest absolute Gasteiger partial charge is 0.224 e. The zero-order valence-electron chi connectivity index (χ0n) is 12.9. The molecule has 2 fully saturated rings. The number of rotatable bonds is 5. The van der Waals surface area contributed by atoms with Gasteiger partial charge in [0.15, 0.2) is 5.11 Å². The van der Waals surface area contributed by atoms with Gasteiger partial charge < -0.3 is 20.3 Å². The van der Waals surface area contributed by atoms with Gasteiger partial charge in [-0.1, -0.05) is 6.92 Å². The Morgan fingerprint density at radius 2 is 2.19 bits per heavy atom. The number of amides is 1. The third-order valence-electron chi connectivity index (χ3n) is 4.13. The molecule has 2 rings (SSSR count). The molecule has 6 heteroatoms. The highest BCUT2D eigenvalue weighted by Crippen LogP contribution is 2.17. The SMILES string of the molecule is CCCNC(=O)[C@@H]1CCCN(C(=S)NC[C@H]2CCCO2)C1. The van der Waals surface area contributed by atoms with Gasteiger partial charge in [-0.25, -0.2) is 0 Å². The molecule has 0 radical (unpaired) electrons. The molecule has 21 heavy (non-hydrogen) atoms. The lowest BCUT2D eigenvalue weighted by Gasteiger charge is -2.34. The standard InChI is InChI=1S/C15H27N3O2S/c1-2-7-16-14(19)12-5-3-8-18(11-12)15(21)17-10-13-6-4-9-20-13/h12-13H,2-11H2,1H3,(H,16,19)(H,17,21)/t12-,13-/m1/s1. The maximum atomic E-state index is 12.1. The fourth-order valence-electron chi connectivity index (χ4n) is 2.89. The van der Waals surface area contributed by atoms with E-state index in [-0.39, 0.29) is 17.9 Å². The first-order valence-corrected chi connectivity index (χ1v) is 8.53. The number of carbonyl (C=O) groups is 1. The minimum atomic E-state index is 0.0628. The Hall–Kier alpha value is -0.880. The van der Waals surface area contributed by atoms with E-state index in [1.807, 2.05) is 0 Å². The molecular formula is C15H27N3O2S. The van der Waals surface area contributed by atoms with E-state index in [9.17, 15) is 4.79 Å². The highest BCUT2D eigenvalue weighted by atomic mass is 32.1. The zero-order valence-corrected chi connectivity index (χ0v) is 13.7. The van der Waals surface area contributed by atoms with Crippen molar-refractivity contribution in [3.05, 3.63) is 0 Å². The summed E-state index contributed by atoms with van der Waals surface area (Å²) >= 11 is 5.46. The number of nitrogens with one attached hydrogen (secondary N) is 2. The molecule has 0 aromatic rings. The number of hydrogen-bond donors (Lipinski definition) is 2. The van der Waals surface area contributed by atoms with Crippen LogP contribution in [0.5, 0.6) is 0 Å². The van der Waals surface area contributed by atoms with E-state index >= 15 is 0 Å². The third kappa shape index (κ3) is 5.11. The van der Waals surface area contributed by atoms with E-state index in [1.54, 1.807) is 0 Å². The van der Waals surface area contributed by atoms with Gasteiger partial charge in [0.05, 0.1) is 12.0 Å². The third-order valence-corrected chi connectivity index (χ3v) is 4.54. The molecule has 0 saturated carbocycles. The molecule has 0 bridgehead atoms. The van der Waals surface area contributed by atoms with Crippen molar-refractivity contribution in [2.24, 2.45) is 5.92 Å². The van der Waals surface area contributed by atoms with Crippen molar-refractivity contribution in [1.29, 1.82) is 0 Å². The highest BCUT2D eigenvalue weighted by molar-refractivity contribution is 7.80. The number of thiocarbonyl (C=S) groups is 1. The Morgan fingerprint density at radius 3 is 2.90 bits per heavy atom. The number of nitrogens with zero attached hydrogens (tertiary/aromatic N) is 1. The summed E-state index contributed by atoms with van der Waals surface area (Å²) in [7, 11) is 0. The van der Waals surface area contributed by atoms with Crippen LogP contribution < -0.4 is 10.6 Å². The van der Waals surface area contributed by atoms with Crippen LogP contribution in [-0.2, 0) is 9.53 Å². The molecule has 120 valence electrons. The first-order chi connectivity index (χ1) is 10.2. The van der Waals surface area contributed by atoms with Crippen LogP contribution in [0.1, 0.15) is 39.0 Å². The first-order valence-electron chi connectivity index (χ1n) is 8.12. The van der Waals surface area contributed by atoms with Gasteiger partial charge >= 0.3 is 0 Å². The second kappa shape index (κ2) is 8.54. The average Bonchev–Trinajstić information content (AvgIpc) is 3.03. The van der Waals surface area contributed by atoms with Crippen molar-refractivity contribution in [1.82, 2.24) is 15.5 Å². The summed E-state index contributed by atoms with van der Waals surface area (Å²) in [4.78, 5) is 14.2. The number of carbonyl (C=O) groups excluding carboxylic acids is 1. The summed E-state index contributed by atoms with van der Waals surface area (Å²) in [6.45, 7) is 6.14. The molecule has 0 aromatic heterocycles. The number of hydrogen-bond acceptors (Lipinski definition) is 3. The van der Waals surface area contributed by atoms with Gasteiger partial charge in [-0.15, -0.1) is 0 Å². The van der Waals surface area contributed by atoms with Crippen LogP contribution in [0, 0.1) is 5.92 Å². The van der Waals surface area contributed by atoms with E-state index < -0.39 is 0 Å². The Balaban J connectivity index is 1.74. The molecule has 2 aliphatic rings. The fourth-order valence-corrected chi connectivity index (χ4v) is 3.14. The van der Waals surface area contributed by atoms with Gasteiger partial charge in [0, 0.05) is 32.8 Å². The molecule has 2 saturated heterocycles. The number of likely N-dealkylation sites (tertiary alicyclic amines) is 1. The summed E-state index contributed by atoms with van der Waals surface area (Å²) in [5.41, 5.74) is 0. The molecule has 2 atom stereocenters. The maximum Gasteiger partial charge on any atom is 0.224 e. The Morgan fingerprint density at radius 1 is 1.33 bits per heavy atom. The zero-order chi connectivity index (χ0) is 15.1. The lowest BCUT2D eigenvalue weighted by molar-refractivity contribution is -0.126. The van der Waals surface area contributed by atoms with Crippen molar-refractivity contribution in [3.8, 4) is 0 Å². The van der Waals surface area contributed by atoms with Crippen molar-refractivity contribution in [2.45, 2.75) is 45.1 Å². The highest BCUT2D eigenvalue weighted by Gasteiger charge is 2.27. The molecule has 0 spiro atoms. The summed E-state index contributed by atoms with van der Waals surface area (Å²) in [6, 6.07) is 0. The van der Waals surface area contributed by atoms with Crippen LogP contribution in [0.4, 0.5) is 0 Å². The van der Waals surface area contributed by atoms with Gasteiger partial charge in [0.1, 0.15) is 0 Å². The maximum absolute atomic E-state index is 12.1. The molecule has 5 nitrogen and oxygen atoms in total. The van der Waals surface area contributed by atoms with E-state index in [2.05, 4.69) is 22.5 Å². The van der Waals surface area contributed by atoms with Gasteiger partial charge in [-0.05, 0) is 44.3 Å². The van der Waals surface area contributed by atoms with Crippen LogP contribution >= 0.6 is 12.2 Å². The van der Waals surface area contributed by atoms with Crippen LogP contribution in [0.3, 0.4) is 0 Å². The Kier molecular flexibility index (Phi) is 6.70. The van der Waals surface area contributed by atoms with Crippen LogP contribution in [0.15, 0.2) is 0 Å². The lowest BCUT2D eigenvalue weighted by atomic mass is 9.97. The molecule has 0 aliphatic carbocycles. The van der Waals surface area contributed by atoms with Gasteiger partial charge in [-0.2, -0.15) is 0 Å². The minimum absolute atomic E-state index is 0.0628. The van der Waals surface area contributed by atoms with Crippen molar-refractivity contribution in [2.75, 3.05) is 32.8 Å². The molecule has 2 N–H and O–H groups in total. The lowest BCUT2D eigenvalue weighted by Crippen LogP contribution is -2.49. The van der Waals surface area contributed by atoms with Gasteiger partial charge in [0.25, 0.3) is 0 Å². The average molecular weight is 313 g/mol. The first kappa shape index (κ1) is 16.5. The predicted octanol–water partition coefficient (Wildman–Crippen LogP) is 1.28. The molecule has 0 aromatic carbocycles. The Labute approximate surface area is 132 Å². The van der Waals surface area contributed by atoms with Crippen LogP contribution in [-0.4, -0.2) is 54.8 Å². The van der Waals surface area contributed by atoms with Gasteiger partial charge in [0.2, 0.25) is 5.91 Å². The number of ether oxygens (including phenoxy) is 1. The normalized spacial score (nSPS) is 25.7. The van der Waals surface area contributed by atoms with Crippen molar-refractivity contribution >= 4 is 23.2 Å². The van der Waals surface area contributed by atoms with Crippen molar-refractivity contribution < 1.29 is 9.53 Å². The monoisotopic (exact) mass is 313 g/mol. The van der Waals surface area contributed by atoms with Crippen molar-refractivity contribution in [3.63, 3.8) is 0 Å². The van der Waals surface area contributed by atoms with Crippen LogP contribution in [0.2, 0.25) is 0 Å². The summed E-state index contributed by atoms with van der Waals surface area (Å²) < 4.78 is 5.59. The molecule has 0 unspecified atom stereocenters. The second-order valence-corrected chi connectivity index (χ2v) is 6.28. The largest absolute Gasteiger partial charge is 0.376 e. The summed E-state index contributed by atoms with van der Waals surface area (Å²) in [6.07, 6.45) is 5.49. The number of piperidine rings is 1. The van der Waals surface area contributed by atoms with E-state index in [4.69, 9.17) is 17.0 Å². The second-order valence-electron chi connectivity index (χ2n) is 5.90. The summed E-state index contributed by atoms with van der Waals surface area (Å²) in [5, 5.41) is 7.05. The van der Waals surface area contributed by atoms with Crippen LogP contribution in [0.25, 0.3) is 0 Å². The molecule has 1 amide bonds. The summed E-state index contributed by atoms with van der Waals surface area (Å²) in [5.74, 6) is 0.233. The van der Waals surface area contributed by atoms with E-state index in [1.165, 1.54) is 0 Å². The van der Waals surface area contributed by atoms with Gasteiger partial charge in [-0.3, -0.25) is 4.79 Å². The predicted molar refractivity (Wildman–Crippen MR) is 87.2 cm³/mol. The molecule has 2 aliphatic heterocycles. The topological polar surface area (TPSA) is 53.6 Å². The fraction of sp³-hybridized carbons (Fsp3) is 0.867. The minimum Gasteiger partial charge on any atom is -0.376 e. The molecular weight excluding hydrogens is 286 g/mol. The Bertz CT molecular complexity index is 359. The van der Waals surface area contributed by atoms with E-state index in [0.717, 1.165) is 70.0 Å². The quantitative estimate of drug-likeness (QED) is 0.749. The van der Waals surface area contributed by atoms with E-state index in [0.29, 0.717) is 0 Å².